The van der Waals surface area contributed by atoms with Crippen molar-refractivity contribution in [1.29, 1.82) is 0 Å². The molecule has 0 bridgehead atoms. The summed E-state index contributed by atoms with van der Waals surface area (Å²) in [5, 5.41) is 0.351. The fourth-order valence-electron chi connectivity index (χ4n) is 1.04. The normalized spacial score (nSPS) is 9.50. The van der Waals surface area contributed by atoms with Crippen molar-refractivity contribution in [2.45, 2.75) is 6.92 Å². The number of terminal acetylenes is 1. The highest BCUT2D eigenvalue weighted by Crippen LogP contribution is 2.26. The average Bonchev–Trinajstić information content (AvgIpc) is 2.19. The van der Waals surface area contributed by atoms with Gasteiger partial charge in [0.25, 0.3) is 0 Å². The van der Waals surface area contributed by atoms with Gasteiger partial charge >= 0.3 is 0 Å². The molecule has 0 saturated carbocycles. The minimum absolute atomic E-state index is 0.270. The summed E-state index contributed by atoms with van der Waals surface area (Å²) in [5.74, 6) is 3.38. The van der Waals surface area contributed by atoms with Gasteiger partial charge in [-0.3, -0.25) is 0 Å². The highest BCUT2D eigenvalue weighted by molar-refractivity contribution is 6.35. The Labute approximate surface area is 88.1 Å². The zero-order valence-electron chi connectivity index (χ0n) is 7.87. The van der Waals surface area contributed by atoms with Gasteiger partial charge in [0.1, 0.15) is 17.2 Å². The number of nitrogen functional groups attached to an aromatic ring is 1. The van der Waals surface area contributed by atoms with Crippen molar-refractivity contribution in [1.82, 2.24) is 9.97 Å². The summed E-state index contributed by atoms with van der Waals surface area (Å²) in [7, 11) is 0. The molecule has 0 amide bonds. The average molecular weight is 211 g/mol. The second kappa shape index (κ2) is 4.68. The van der Waals surface area contributed by atoms with Crippen LogP contribution in [0.25, 0.3) is 0 Å². The summed E-state index contributed by atoms with van der Waals surface area (Å²) in [6.07, 6.45) is 6.59. The van der Waals surface area contributed by atoms with Crippen LogP contribution in [0.5, 0.6) is 0 Å². The minimum Gasteiger partial charge on any atom is -0.382 e. The first-order valence-electron chi connectivity index (χ1n) is 4.15. The number of nitrogens with two attached hydrogens (primary N) is 1. The molecule has 0 atom stereocenters. The van der Waals surface area contributed by atoms with E-state index in [2.05, 4.69) is 15.9 Å². The molecule has 74 valence electrons. The SMILES string of the molecule is C#CCN(CC)c1ncnc(N)c1Cl. The zero-order valence-corrected chi connectivity index (χ0v) is 8.62. The van der Waals surface area contributed by atoms with Crippen LogP contribution < -0.4 is 10.6 Å². The molecule has 2 N–H and O–H groups in total. The Morgan fingerprint density at radius 2 is 2.36 bits per heavy atom. The summed E-state index contributed by atoms with van der Waals surface area (Å²) in [6.45, 7) is 3.14. The summed E-state index contributed by atoms with van der Waals surface area (Å²) >= 11 is 5.94. The third-order valence-corrected chi connectivity index (χ3v) is 2.12. The maximum Gasteiger partial charge on any atom is 0.153 e. The van der Waals surface area contributed by atoms with Crippen molar-refractivity contribution < 1.29 is 0 Å². The summed E-state index contributed by atoms with van der Waals surface area (Å²) in [4.78, 5) is 9.66. The van der Waals surface area contributed by atoms with Gasteiger partial charge in [-0.2, -0.15) is 0 Å². The first-order valence-corrected chi connectivity index (χ1v) is 4.52. The van der Waals surface area contributed by atoms with Gasteiger partial charge in [0.05, 0.1) is 6.54 Å². The molecular weight excluding hydrogens is 200 g/mol. The molecule has 0 aromatic carbocycles. The zero-order chi connectivity index (χ0) is 10.6. The molecule has 1 aromatic heterocycles. The monoisotopic (exact) mass is 210 g/mol. The first-order chi connectivity index (χ1) is 6.70. The van der Waals surface area contributed by atoms with Crippen LogP contribution in [-0.2, 0) is 0 Å². The smallest absolute Gasteiger partial charge is 0.153 e. The van der Waals surface area contributed by atoms with Gasteiger partial charge in [-0.15, -0.1) is 6.42 Å². The number of halogens is 1. The third-order valence-electron chi connectivity index (χ3n) is 1.76. The lowest BCUT2D eigenvalue weighted by Gasteiger charge is -2.19. The van der Waals surface area contributed by atoms with Gasteiger partial charge in [-0.05, 0) is 6.92 Å². The van der Waals surface area contributed by atoms with E-state index in [0.29, 0.717) is 17.4 Å². The molecule has 0 spiro atoms. The van der Waals surface area contributed by atoms with Crippen LogP contribution in [0.4, 0.5) is 11.6 Å². The van der Waals surface area contributed by atoms with Gasteiger partial charge in [0.15, 0.2) is 5.82 Å². The highest BCUT2D eigenvalue weighted by atomic mass is 35.5. The Morgan fingerprint density at radius 3 is 2.93 bits per heavy atom. The van der Waals surface area contributed by atoms with Crippen LogP contribution in [-0.4, -0.2) is 23.1 Å². The Hall–Kier alpha value is -1.47. The predicted octanol–water partition coefficient (Wildman–Crippen LogP) is 1.17. The van der Waals surface area contributed by atoms with E-state index in [-0.39, 0.29) is 5.82 Å². The molecule has 14 heavy (non-hydrogen) atoms. The number of nitrogens with zero attached hydrogens (tertiary/aromatic N) is 3. The van der Waals surface area contributed by atoms with E-state index in [4.69, 9.17) is 23.8 Å². The molecule has 4 nitrogen and oxygen atoms in total. The van der Waals surface area contributed by atoms with E-state index < -0.39 is 0 Å². The lowest BCUT2D eigenvalue weighted by Crippen LogP contribution is -2.24. The molecule has 0 unspecified atom stereocenters. The first kappa shape index (κ1) is 10.6. The van der Waals surface area contributed by atoms with Crippen LogP contribution in [0.15, 0.2) is 6.33 Å². The Balaban J connectivity index is 3.05. The second-order valence-electron chi connectivity index (χ2n) is 2.61. The van der Waals surface area contributed by atoms with Gasteiger partial charge < -0.3 is 10.6 Å². The molecule has 1 rings (SSSR count). The van der Waals surface area contributed by atoms with E-state index in [1.807, 2.05) is 11.8 Å². The predicted molar refractivity (Wildman–Crippen MR) is 58.2 cm³/mol. The van der Waals surface area contributed by atoms with Crippen molar-refractivity contribution >= 4 is 23.2 Å². The number of aromatic nitrogens is 2. The standard InChI is InChI=1S/C9H11ClN4/c1-3-5-14(4-2)9-7(10)8(11)12-6-13-9/h1,6H,4-5H2,2H3,(H2,11,12,13). The molecule has 5 heteroatoms. The number of anilines is 2. The highest BCUT2D eigenvalue weighted by Gasteiger charge is 2.11. The molecular formula is C9H11ClN4. The summed E-state index contributed by atoms with van der Waals surface area (Å²) < 4.78 is 0. The van der Waals surface area contributed by atoms with Crippen LogP contribution in [0.3, 0.4) is 0 Å². The van der Waals surface area contributed by atoms with Gasteiger partial charge in [0, 0.05) is 6.54 Å². The largest absolute Gasteiger partial charge is 0.382 e. The van der Waals surface area contributed by atoms with Crippen LogP contribution >= 0.6 is 11.6 Å². The minimum atomic E-state index is 0.270. The maximum atomic E-state index is 5.94. The van der Waals surface area contributed by atoms with E-state index in [9.17, 15) is 0 Å². The van der Waals surface area contributed by atoms with Crippen LogP contribution in [0.1, 0.15) is 6.92 Å². The van der Waals surface area contributed by atoms with Crippen molar-refractivity contribution in [2.75, 3.05) is 23.7 Å². The molecule has 0 fully saturated rings. The Bertz CT molecular complexity index is 358. The van der Waals surface area contributed by atoms with E-state index >= 15 is 0 Å². The van der Waals surface area contributed by atoms with E-state index in [0.717, 1.165) is 6.54 Å². The molecule has 0 aliphatic carbocycles. The lowest BCUT2D eigenvalue weighted by atomic mass is 10.4. The fraction of sp³-hybridized carbons (Fsp3) is 0.333. The van der Waals surface area contributed by atoms with Crippen LogP contribution in [0, 0.1) is 12.3 Å². The topological polar surface area (TPSA) is 55.0 Å². The quantitative estimate of drug-likeness (QED) is 0.762. The van der Waals surface area contributed by atoms with E-state index in [1.165, 1.54) is 6.33 Å². The molecule has 1 heterocycles. The molecule has 0 aliphatic heterocycles. The Kier molecular flexibility index (Phi) is 3.55. The third kappa shape index (κ3) is 2.06. The Morgan fingerprint density at radius 1 is 1.64 bits per heavy atom. The van der Waals surface area contributed by atoms with Crippen molar-refractivity contribution in [3.63, 3.8) is 0 Å². The summed E-state index contributed by atoms with van der Waals surface area (Å²) in [6, 6.07) is 0. The lowest BCUT2D eigenvalue weighted by molar-refractivity contribution is 0.887. The van der Waals surface area contributed by atoms with Crippen molar-refractivity contribution in [2.24, 2.45) is 0 Å². The maximum absolute atomic E-state index is 5.94. The molecule has 1 aromatic rings. The van der Waals surface area contributed by atoms with Gasteiger partial charge in [-0.1, -0.05) is 17.5 Å². The molecule has 0 aliphatic rings. The van der Waals surface area contributed by atoms with Crippen molar-refractivity contribution in [3.8, 4) is 12.3 Å². The van der Waals surface area contributed by atoms with Gasteiger partial charge in [-0.25, -0.2) is 9.97 Å². The number of hydrogen-bond acceptors (Lipinski definition) is 4. The summed E-state index contributed by atoms with van der Waals surface area (Å²) in [5.41, 5.74) is 5.55. The number of hydrogen-bond donors (Lipinski definition) is 1. The van der Waals surface area contributed by atoms with E-state index in [1.54, 1.807) is 0 Å². The molecule has 0 radical (unpaired) electrons. The van der Waals surface area contributed by atoms with Crippen LogP contribution in [0.2, 0.25) is 5.02 Å². The number of rotatable bonds is 3. The van der Waals surface area contributed by atoms with Gasteiger partial charge in [0.2, 0.25) is 0 Å². The fourth-order valence-corrected chi connectivity index (χ4v) is 1.26. The molecule has 0 saturated heterocycles. The van der Waals surface area contributed by atoms with Crippen molar-refractivity contribution in [3.05, 3.63) is 11.3 Å². The second-order valence-corrected chi connectivity index (χ2v) is 2.99.